The fraction of sp³-hybridized carbons (Fsp3) is 0.286. The molecule has 7 heteroatoms. The Morgan fingerprint density at radius 1 is 1.21 bits per heavy atom. The van der Waals surface area contributed by atoms with Crippen molar-refractivity contribution in [2.45, 2.75) is 18.8 Å². The van der Waals surface area contributed by atoms with Gasteiger partial charge in [-0.15, -0.1) is 11.3 Å². The number of carbonyl (C=O) groups is 2. The predicted molar refractivity (Wildman–Crippen MR) is 108 cm³/mol. The summed E-state index contributed by atoms with van der Waals surface area (Å²) in [5.41, 5.74) is 2.64. The third-order valence-corrected chi connectivity index (χ3v) is 6.08. The molecule has 2 aromatic heterocycles. The Hall–Kier alpha value is -2.93. The van der Waals surface area contributed by atoms with Crippen LogP contribution in [-0.2, 0) is 7.05 Å². The number of hydrogen-bond donors (Lipinski definition) is 1. The molecule has 144 valence electrons. The molecule has 0 aliphatic carbocycles. The monoisotopic (exact) mass is 395 g/mol. The number of aromatic nitrogens is 2. The number of aromatic carboxylic acids is 1. The van der Waals surface area contributed by atoms with E-state index in [0.29, 0.717) is 18.8 Å². The number of carboxylic acid groups (broad SMARTS) is 1. The first-order valence-corrected chi connectivity index (χ1v) is 10.1. The Labute approximate surface area is 167 Å². The second kappa shape index (κ2) is 7.59. The summed E-state index contributed by atoms with van der Waals surface area (Å²) in [7, 11) is 1.85. The van der Waals surface area contributed by atoms with Crippen LogP contribution in [0.4, 0.5) is 0 Å². The number of amides is 1. The minimum Gasteiger partial charge on any atom is -0.478 e. The van der Waals surface area contributed by atoms with Gasteiger partial charge < -0.3 is 10.0 Å². The van der Waals surface area contributed by atoms with Gasteiger partial charge in [0.2, 0.25) is 0 Å². The number of carboxylic acids is 1. The van der Waals surface area contributed by atoms with Crippen molar-refractivity contribution in [3.8, 4) is 10.6 Å². The quantitative estimate of drug-likeness (QED) is 0.728. The molecular weight excluding hydrogens is 374 g/mol. The van der Waals surface area contributed by atoms with Crippen molar-refractivity contribution < 1.29 is 14.7 Å². The van der Waals surface area contributed by atoms with Crippen molar-refractivity contribution in [1.82, 2.24) is 14.7 Å². The molecule has 1 amide bonds. The number of thiophene rings is 1. The summed E-state index contributed by atoms with van der Waals surface area (Å²) in [6, 6.07) is 12.9. The molecule has 4 rings (SSSR count). The van der Waals surface area contributed by atoms with E-state index in [0.717, 1.165) is 29.0 Å². The van der Waals surface area contributed by atoms with Gasteiger partial charge in [-0.25, -0.2) is 4.79 Å². The molecule has 1 fully saturated rings. The number of aryl methyl sites for hydroxylation is 1. The zero-order chi connectivity index (χ0) is 19.7. The summed E-state index contributed by atoms with van der Waals surface area (Å²) in [6.07, 6.45) is 1.83. The van der Waals surface area contributed by atoms with Crippen LogP contribution in [0.3, 0.4) is 0 Å². The number of piperidine rings is 1. The van der Waals surface area contributed by atoms with E-state index in [9.17, 15) is 14.7 Å². The minimum atomic E-state index is -0.930. The van der Waals surface area contributed by atoms with Crippen molar-refractivity contribution in [3.63, 3.8) is 0 Å². The Morgan fingerprint density at radius 3 is 2.82 bits per heavy atom. The highest BCUT2D eigenvalue weighted by Crippen LogP contribution is 2.29. The Bertz CT molecular complexity index is 1010. The summed E-state index contributed by atoms with van der Waals surface area (Å²) >= 11 is 1.62. The van der Waals surface area contributed by atoms with E-state index in [1.54, 1.807) is 34.2 Å². The van der Waals surface area contributed by atoms with Gasteiger partial charge in [0.1, 0.15) is 0 Å². The lowest BCUT2D eigenvalue weighted by Gasteiger charge is -2.32. The topological polar surface area (TPSA) is 75.4 Å². The van der Waals surface area contributed by atoms with E-state index < -0.39 is 5.97 Å². The molecule has 1 N–H and O–H groups in total. The molecule has 28 heavy (non-hydrogen) atoms. The number of hydrogen-bond acceptors (Lipinski definition) is 4. The Kier molecular flexibility index (Phi) is 5.00. The normalized spacial score (nSPS) is 16.9. The first-order chi connectivity index (χ1) is 13.5. The molecule has 1 aliphatic rings. The fourth-order valence-electron chi connectivity index (χ4n) is 3.75. The van der Waals surface area contributed by atoms with Crippen LogP contribution in [0.2, 0.25) is 0 Å². The first kappa shape index (κ1) is 18.4. The van der Waals surface area contributed by atoms with Crippen molar-refractivity contribution in [3.05, 3.63) is 64.7 Å². The molecular formula is C21H21N3O3S. The van der Waals surface area contributed by atoms with Crippen molar-refractivity contribution in [2.75, 3.05) is 13.1 Å². The molecule has 0 bridgehead atoms. The second-order valence-electron chi connectivity index (χ2n) is 7.04. The van der Waals surface area contributed by atoms with Crippen LogP contribution in [0.15, 0.2) is 47.8 Å². The maximum Gasteiger partial charge on any atom is 0.335 e. The van der Waals surface area contributed by atoms with Crippen molar-refractivity contribution in [2.24, 2.45) is 7.05 Å². The molecule has 0 spiro atoms. The van der Waals surface area contributed by atoms with Crippen LogP contribution in [-0.4, -0.2) is 44.8 Å². The SMILES string of the molecule is Cn1nc(C(=O)N2CCC[C@H](c3cccc(C(=O)O)c3)C2)cc1-c1cccs1. The highest BCUT2D eigenvalue weighted by Gasteiger charge is 2.27. The van der Waals surface area contributed by atoms with Crippen LogP contribution in [0, 0.1) is 0 Å². The second-order valence-corrected chi connectivity index (χ2v) is 7.98. The zero-order valence-corrected chi connectivity index (χ0v) is 16.4. The largest absolute Gasteiger partial charge is 0.478 e. The van der Waals surface area contributed by atoms with E-state index in [4.69, 9.17) is 0 Å². The standard InChI is InChI=1S/C21H21N3O3S/c1-23-18(19-8-4-10-28-19)12-17(22-23)20(25)24-9-3-7-16(13-24)14-5-2-6-15(11-14)21(26)27/h2,4-6,8,10-12,16H,3,7,9,13H2,1H3,(H,26,27)/t16-/m0/s1. The summed E-state index contributed by atoms with van der Waals surface area (Å²) in [5.74, 6) is -0.866. The van der Waals surface area contributed by atoms with Crippen LogP contribution in [0.1, 0.15) is 45.2 Å². The number of rotatable bonds is 4. The molecule has 1 atom stereocenters. The lowest BCUT2D eigenvalue weighted by Crippen LogP contribution is -2.39. The molecule has 0 radical (unpaired) electrons. The van der Waals surface area contributed by atoms with Crippen LogP contribution in [0.25, 0.3) is 10.6 Å². The number of carbonyl (C=O) groups excluding carboxylic acids is 1. The zero-order valence-electron chi connectivity index (χ0n) is 15.5. The van der Waals surface area contributed by atoms with Crippen LogP contribution >= 0.6 is 11.3 Å². The Balaban J connectivity index is 1.53. The van der Waals surface area contributed by atoms with Crippen molar-refractivity contribution >= 4 is 23.2 Å². The minimum absolute atomic E-state index is 0.0718. The third-order valence-electron chi connectivity index (χ3n) is 5.19. The number of nitrogens with zero attached hydrogens (tertiary/aromatic N) is 3. The Morgan fingerprint density at radius 2 is 2.07 bits per heavy atom. The third kappa shape index (κ3) is 3.57. The smallest absolute Gasteiger partial charge is 0.335 e. The van der Waals surface area contributed by atoms with Gasteiger partial charge in [0.15, 0.2) is 5.69 Å². The lowest BCUT2D eigenvalue weighted by atomic mass is 9.89. The van der Waals surface area contributed by atoms with Crippen LogP contribution < -0.4 is 0 Å². The van der Waals surface area contributed by atoms with Gasteiger partial charge in [-0.2, -0.15) is 5.10 Å². The van der Waals surface area contributed by atoms with Gasteiger partial charge in [0.25, 0.3) is 5.91 Å². The molecule has 3 aromatic rings. The molecule has 1 aliphatic heterocycles. The van der Waals surface area contributed by atoms with Crippen molar-refractivity contribution in [1.29, 1.82) is 0 Å². The fourth-order valence-corrected chi connectivity index (χ4v) is 4.52. The van der Waals surface area contributed by atoms with E-state index in [1.165, 1.54) is 0 Å². The summed E-state index contributed by atoms with van der Waals surface area (Å²) in [4.78, 5) is 27.2. The predicted octanol–water partition coefficient (Wildman–Crippen LogP) is 3.87. The summed E-state index contributed by atoms with van der Waals surface area (Å²) in [6.45, 7) is 1.27. The van der Waals surface area contributed by atoms with Gasteiger partial charge in [-0.1, -0.05) is 18.2 Å². The number of likely N-dealkylation sites (tertiary alicyclic amines) is 1. The molecule has 0 saturated carbocycles. The molecule has 6 nitrogen and oxygen atoms in total. The molecule has 3 heterocycles. The maximum absolute atomic E-state index is 13.0. The maximum atomic E-state index is 13.0. The average Bonchev–Trinajstić information content (AvgIpc) is 3.37. The molecule has 1 aromatic carbocycles. The van der Waals surface area contributed by atoms with Crippen LogP contribution in [0.5, 0.6) is 0 Å². The van der Waals surface area contributed by atoms with Gasteiger partial charge in [-0.3, -0.25) is 9.48 Å². The van der Waals surface area contributed by atoms with E-state index >= 15 is 0 Å². The summed E-state index contributed by atoms with van der Waals surface area (Å²) in [5, 5.41) is 15.7. The van der Waals surface area contributed by atoms with Gasteiger partial charge in [0.05, 0.1) is 16.1 Å². The van der Waals surface area contributed by atoms with Gasteiger partial charge >= 0.3 is 5.97 Å². The highest BCUT2D eigenvalue weighted by atomic mass is 32.1. The number of benzene rings is 1. The molecule has 0 unspecified atom stereocenters. The van der Waals surface area contributed by atoms with E-state index in [2.05, 4.69) is 5.10 Å². The first-order valence-electron chi connectivity index (χ1n) is 9.23. The van der Waals surface area contributed by atoms with E-state index in [1.807, 2.05) is 41.6 Å². The highest BCUT2D eigenvalue weighted by molar-refractivity contribution is 7.13. The van der Waals surface area contributed by atoms with Gasteiger partial charge in [-0.05, 0) is 48.1 Å². The summed E-state index contributed by atoms with van der Waals surface area (Å²) < 4.78 is 1.75. The van der Waals surface area contributed by atoms with E-state index in [-0.39, 0.29) is 17.4 Å². The average molecular weight is 395 g/mol. The lowest BCUT2D eigenvalue weighted by molar-refractivity contribution is 0.0685. The van der Waals surface area contributed by atoms with Gasteiger partial charge in [0, 0.05) is 26.1 Å². The molecule has 1 saturated heterocycles.